The Kier molecular flexibility index (Phi) is 3.59. The average Bonchev–Trinajstić information content (AvgIpc) is 2.25. The van der Waals surface area contributed by atoms with Crippen molar-refractivity contribution in [2.24, 2.45) is 5.14 Å². The molecule has 0 aromatic carbocycles. The van der Waals surface area contributed by atoms with Crippen LogP contribution in [0.1, 0.15) is 17.8 Å². The first-order valence-corrected chi connectivity index (χ1v) is 5.66. The predicted octanol–water partition coefficient (Wildman–Crippen LogP) is 0.547. The van der Waals surface area contributed by atoms with Crippen molar-refractivity contribution in [1.82, 2.24) is 4.98 Å². The summed E-state index contributed by atoms with van der Waals surface area (Å²) in [5, 5.41) is 13.5. The van der Waals surface area contributed by atoms with Crippen LogP contribution in [0.4, 0.5) is 8.78 Å². The van der Waals surface area contributed by atoms with Gasteiger partial charge in [-0.2, -0.15) is 5.26 Å². The van der Waals surface area contributed by atoms with Gasteiger partial charge in [-0.25, -0.2) is 27.3 Å². The second-order valence-electron chi connectivity index (χ2n) is 2.88. The number of alkyl halides is 2. The molecule has 1 heterocycles. The molecule has 2 N–H and O–H groups in total. The van der Waals surface area contributed by atoms with Gasteiger partial charge in [0, 0.05) is 6.07 Å². The molecule has 0 bridgehead atoms. The molecule has 0 saturated carbocycles. The lowest BCUT2D eigenvalue weighted by molar-refractivity contribution is 0.145. The van der Waals surface area contributed by atoms with Crippen molar-refractivity contribution in [2.75, 3.05) is 7.11 Å². The van der Waals surface area contributed by atoms with E-state index in [1.807, 2.05) is 0 Å². The number of pyridine rings is 1. The molecule has 0 fully saturated rings. The minimum absolute atomic E-state index is 0.436. The summed E-state index contributed by atoms with van der Waals surface area (Å²) in [6.45, 7) is 0. The molecular weight excluding hydrogens is 256 g/mol. The fourth-order valence-corrected chi connectivity index (χ4v) is 1.93. The minimum atomic E-state index is -4.29. The summed E-state index contributed by atoms with van der Waals surface area (Å²) in [6, 6.07) is 2.12. The van der Waals surface area contributed by atoms with E-state index >= 15 is 0 Å². The topological polar surface area (TPSA) is 106 Å². The molecule has 0 radical (unpaired) electrons. The number of ether oxygens (including phenoxy) is 1. The van der Waals surface area contributed by atoms with Crippen molar-refractivity contribution < 1.29 is 21.9 Å². The van der Waals surface area contributed by atoms with Gasteiger partial charge in [0.2, 0.25) is 10.0 Å². The maximum absolute atomic E-state index is 12.4. The van der Waals surface area contributed by atoms with Crippen LogP contribution in [-0.4, -0.2) is 20.5 Å². The molecule has 0 amide bonds. The SMILES string of the molecule is COc1cc(C(F)F)nc(C#N)c1S(N)(=O)=O. The molecule has 0 aliphatic heterocycles. The quantitative estimate of drug-likeness (QED) is 0.856. The number of sulfonamides is 1. The van der Waals surface area contributed by atoms with Crippen LogP contribution in [0.15, 0.2) is 11.0 Å². The van der Waals surface area contributed by atoms with E-state index < -0.39 is 38.5 Å². The summed E-state index contributed by atoms with van der Waals surface area (Å²) in [6.07, 6.45) is -2.95. The van der Waals surface area contributed by atoms with E-state index in [0.717, 1.165) is 13.2 Å². The Morgan fingerprint density at radius 1 is 1.59 bits per heavy atom. The largest absolute Gasteiger partial charge is 0.495 e. The lowest BCUT2D eigenvalue weighted by atomic mass is 10.3. The van der Waals surface area contributed by atoms with Crippen LogP contribution in [0.2, 0.25) is 0 Å². The number of rotatable bonds is 3. The lowest BCUT2D eigenvalue weighted by Crippen LogP contribution is -2.16. The maximum atomic E-state index is 12.4. The van der Waals surface area contributed by atoms with Crippen LogP contribution in [0.5, 0.6) is 5.75 Å². The Bertz CT molecular complexity index is 580. The Morgan fingerprint density at radius 2 is 2.18 bits per heavy atom. The van der Waals surface area contributed by atoms with E-state index in [0.29, 0.717) is 0 Å². The van der Waals surface area contributed by atoms with Crippen LogP contribution >= 0.6 is 0 Å². The molecule has 1 aromatic heterocycles. The van der Waals surface area contributed by atoms with Crippen molar-refractivity contribution in [3.8, 4) is 11.8 Å². The molecule has 6 nitrogen and oxygen atoms in total. The second kappa shape index (κ2) is 4.60. The molecule has 0 saturated heterocycles. The number of hydrogen-bond donors (Lipinski definition) is 1. The number of methoxy groups -OCH3 is 1. The van der Waals surface area contributed by atoms with Gasteiger partial charge in [-0.3, -0.25) is 0 Å². The van der Waals surface area contributed by atoms with Crippen LogP contribution in [0, 0.1) is 11.3 Å². The summed E-state index contributed by atoms with van der Waals surface area (Å²) < 4.78 is 51.8. The summed E-state index contributed by atoms with van der Waals surface area (Å²) in [4.78, 5) is 2.51. The van der Waals surface area contributed by atoms with Gasteiger partial charge < -0.3 is 4.74 Å². The van der Waals surface area contributed by atoms with E-state index in [1.54, 1.807) is 0 Å². The Morgan fingerprint density at radius 3 is 2.53 bits per heavy atom. The highest BCUT2D eigenvalue weighted by Crippen LogP contribution is 2.29. The maximum Gasteiger partial charge on any atom is 0.280 e. The number of aromatic nitrogens is 1. The van der Waals surface area contributed by atoms with Gasteiger partial charge in [-0.15, -0.1) is 0 Å². The summed E-state index contributed by atoms with van der Waals surface area (Å²) in [5.74, 6) is -0.436. The van der Waals surface area contributed by atoms with Gasteiger partial charge in [0.25, 0.3) is 6.43 Å². The highest BCUT2D eigenvalue weighted by Gasteiger charge is 2.25. The number of halogens is 2. The molecule has 0 aliphatic rings. The number of nitrogens with two attached hydrogens (primary N) is 1. The number of nitriles is 1. The predicted molar refractivity (Wildman–Crippen MR) is 51.8 cm³/mol. The van der Waals surface area contributed by atoms with Gasteiger partial charge in [-0.1, -0.05) is 0 Å². The van der Waals surface area contributed by atoms with Gasteiger partial charge in [0.1, 0.15) is 17.5 Å². The number of nitrogens with zero attached hydrogens (tertiary/aromatic N) is 2. The van der Waals surface area contributed by atoms with Crippen molar-refractivity contribution in [3.63, 3.8) is 0 Å². The van der Waals surface area contributed by atoms with E-state index in [9.17, 15) is 17.2 Å². The first-order valence-electron chi connectivity index (χ1n) is 4.11. The molecule has 1 aromatic rings. The van der Waals surface area contributed by atoms with E-state index in [-0.39, 0.29) is 0 Å². The van der Waals surface area contributed by atoms with Crippen molar-refractivity contribution in [3.05, 3.63) is 17.5 Å². The summed E-state index contributed by atoms with van der Waals surface area (Å²) in [7, 11) is -3.22. The zero-order valence-electron chi connectivity index (χ0n) is 8.52. The normalized spacial score (nSPS) is 11.3. The summed E-state index contributed by atoms with van der Waals surface area (Å²) in [5.41, 5.74) is -1.48. The molecule has 0 atom stereocenters. The third-order valence-electron chi connectivity index (χ3n) is 1.79. The molecule has 0 aliphatic carbocycles. The molecule has 0 unspecified atom stereocenters. The van der Waals surface area contributed by atoms with Crippen LogP contribution < -0.4 is 9.88 Å². The fraction of sp³-hybridized carbons (Fsp3) is 0.250. The Hall–Kier alpha value is -1.79. The molecule has 9 heteroatoms. The van der Waals surface area contributed by atoms with Gasteiger partial charge >= 0.3 is 0 Å². The molecule has 0 spiro atoms. The second-order valence-corrected chi connectivity index (χ2v) is 4.38. The smallest absolute Gasteiger partial charge is 0.280 e. The van der Waals surface area contributed by atoms with Gasteiger partial charge in [-0.05, 0) is 0 Å². The first kappa shape index (κ1) is 13.3. The van der Waals surface area contributed by atoms with Gasteiger partial charge in [0.05, 0.1) is 7.11 Å². The standard InChI is InChI=1S/C8H7F2N3O3S/c1-16-6-2-4(8(9)10)13-5(3-11)7(6)17(12,14)15/h2,8H,1H3,(H2,12,14,15). The number of primary sulfonamides is 1. The van der Waals surface area contributed by atoms with Crippen molar-refractivity contribution in [2.45, 2.75) is 11.3 Å². The minimum Gasteiger partial charge on any atom is -0.495 e. The van der Waals surface area contributed by atoms with Crippen molar-refractivity contribution in [1.29, 1.82) is 5.26 Å². The third kappa shape index (κ3) is 2.66. The van der Waals surface area contributed by atoms with Crippen LogP contribution in [0.3, 0.4) is 0 Å². The molecule has 1 rings (SSSR count). The lowest BCUT2D eigenvalue weighted by Gasteiger charge is -2.09. The monoisotopic (exact) mass is 263 g/mol. The van der Waals surface area contributed by atoms with Crippen LogP contribution in [-0.2, 0) is 10.0 Å². The highest BCUT2D eigenvalue weighted by atomic mass is 32.2. The fourth-order valence-electron chi connectivity index (χ4n) is 1.14. The Balaban J connectivity index is 3.67. The molecule has 92 valence electrons. The molecule has 17 heavy (non-hydrogen) atoms. The van der Waals surface area contributed by atoms with Gasteiger partial charge in [0.15, 0.2) is 10.6 Å². The number of hydrogen-bond acceptors (Lipinski definition) is 5. The zero-order chi connectivity index (χ0) is 13.2. The van der Waals surface area contributed by atoms with Crippen molar-refractivity contribution >= 4 is 10.0 Å². The zero-order valence-corrected chi connectivity index (χ0v) is 9.33. The van der Waals surface area contributed by atoms with E-state index in [2.05, 4.69) is 9.72 Å². The molecular formula is C8H7F2N3O3S. The van der Waals surface area contributed by atoms with Crippen LogP contribution in [0.25, 0.3) is 0 Å². The third-order valence-corrected chi connectivity index (χ3v) is 2.76. The average molecular weight is 263 g/mol. The highest BCUT2D eigenvalue weighted by molar-refractivity contribution is 7.89. The summed E-state index contributed by atoms with van der Waals surface area (Å²) >= 11 is 0. The first-order chi connectivity index (χ1) is 7.81. The Labute approximate surface area is 95.7 Å². The van der Waals surface area contributed by atoms with E-state index in [4.69, 9.17) is 10.4 Å². The van der Waals surface area contributed by atoms with E-state index in [1.165, 1.54) is 6.07 Å².